The van der Waals surface area contributed by atoms with Gasteiger partial charge in [0.15, 0.2) is 0 Å². The fourth-order valence-corrected chi connectivity index (χ4v) is 2.33. The fourth-order valence-electron chi connectivity index (χ4n) is 2.33. The van der Waals surface area contributed by atoms with Gasteiger partial charge in [-0.2, -0.15) is 13.2 Å². The lowest BCUT2D eigenvalue weighted by Gasteiger charge is -2.16. The van der Waals surface area contributed by atoms with Crippen LogP contribution in [-0.4, -0.2) is 13.0 Å². The monoisotopic (exact) mass is 355 g/mol. The van der Waals surface area contributed by atoms with Crippen LogP contribution in [0.2, 0.25) is 0 Å². The predicted octanol–water partition coefficient (Wildman–Crippen LogP) is 4.02. The quantitative estimate of drug-likeness (QED) is 0.823. The number of ether oxygens (including phenoxy) is 1. The van der Waals surface area contributed by atoms with Crippen molar-refractivity contribution in [3.05, 3.63) is 64.5 Å². The maximum absolute atomic E-state index is 14.1. The van der Waals surface area contributed by atoms with Gasteiger partial charge in [0, 0.05) is 12.6 Å². The molecule has 3 nitrogen and oxygen atoms in total. The minimum absolute atomic E-state index is 0.0554. The van der Waals surface area contributed by atoms with E-state index in [1.165, 1.54) is 44.3 Å². The number of carbonyl (C=O) groups excluding carboxylic acids is 1. The Labute approximate surface area is 142 Å². The number of amides is 1. The summed E-state index contributed by atoms with van der Waals surface area (Å²) in [5, 5.41) is 2.42. The smallest absolute Gasteiger partial charge is 0.419 e. The van der Waals surface area contributed by atoms with E-state index in [9.17, 15) is 22.4 Å². The molecule has 0 saturated carbocycles. The Morgan fingerprint density at radius 3 is 2.56 bits per heavy atom. The first-order chi connectivity index (χ1) is 11.7. The van der Waals surface area contributed by atoms with E-state index >= 15 is 0 Å². The van der Waals surface area contributed by atoms with E-state index in [-0.39, 0.29) is 23.6 Å². The molecular formula is C18H17F4NO2. The summed E-state index contributed by atoms with van der Waals surface area (Å²) < 4.78 is 58.7. The highest BCUT2D eigenvalue weighted by atomic mass is 19.4. The lowest BCUT2D eigenvalue weighted by Crippen LogP contribution is -2.21. The van der Waals surface area contributed by atoms with Gasteiger partial charge >= 0.3 is 6.18 Å². The Kier molecular flexibility index (Phi) is 5.66. The Bertz CT molecular complexity index is 772. The maximum Gasteiger partial charge on any atom is 0.419 e. The number of rotatable bonds is 5. The normalized spacial score (nSPS) is 11.3. The van der Waals surface area contributed by atoms with Crippen molar-refractivity contribution in [2.24, 2.45) is 0 Å². The van der Waals surface area contributed by atoms with E-state index < -0.39 is 24.2 Å². The number of likely N-dealkylation sites (N-methyl/N-ethyl adjacent to an activating group) is 1. The maximum atomic E-state index is 14.1. The van der Waals surface area contributed by atoms with Gasteiger partial charge in [0.1, 0.15) is 18.2 Å². The van der Waals surface area contributed by atoms with Crippen molar-refractivity contribution in [1.29, 1.82) is 0 Å². The summed E-state index contributed by atoms with van der Waals surface area (Å²) in [5.41, 5.74) is -0.0672. The second kappa shape index (κ2) is 7.55. The summed E-state index contributed by atoms with van der Waals surface area (Å²) in [6, 6.07) is 7.81. The first-order valence-corrected chi connectivity index (χ1v) is 7.50. The van der Waals surface area contributed by atoms with Crippen molar-refractivity contribution in [2.45, 2.75) is 26.1 Å². The van der Waals surface area contributed by atoms with Gasteiger partial charge < -0.3 is 10.1 Å². The molecule has 0 saturated heterocycles. The Morgan fingerprint density at radius 2 is 1.92 bits per heavy atom. The molecule has 2 aromatic carbocycles. The molecule has 0 aliphatic carbocycles. The van der Waals surface area contributed by atoms with Crippen LogP contribution in [0.4, 0.5) is 17.6 Å². The van der Waals surface area contributed by atoms with Crippen LogP contribution in [0.25, 0.3) is 0 Å². The van der Waals surface area contributed by atoms with Crippen molar-refractivity contribution < 1.29 is 27.1 Å². The van der Waals surface area contributed by atoms with Crippen LogP contribution in [0.15, 0.2) is 36.4 Å². The van der Waals surface area contributed by atoms with Gasteiger partial charge in [-0.3, -0.25) is 4.79 Å². The molecule has 0 aliphatic rings. The van der Waals surface area contributed by atoms with Crippen LogP contribution in [-0.2, 0) is 24.0 Å². The van der Waals surface area contributed by atoms with Crippen LogP contribution in [0.3, 0.4) is 0 Å². The number of hydrogen-bond acceptors (Lipinski definition) is 2. The Balaban J connectivity index is 2.29. The molecule has 0 atom stereocenters. The van der Waals surface area contributed by atoms with Gasteiger partial charge in [-0.15, -0.1) is 0 Å². The second-order valence-electron chi connectivity index (χ2n) is 5.51. The zero-order chi connectivity index (χ0) is 18.6. The van der Waals surface area contributed by atoms with E-state index in [0.717, 1.165) is 6.07 Å². The molecule has 0 unspecified atom stereocenters. The van der Waals surface area contributed by atoms with Gasteiger partial charge in [-0.05, 0) is 30.7 Å². The highest BCUT2D eigenvalue weighted by Crippen LogP contribution is 2.37. The molecular weight excluding hydrogens is 338 g/mol. The van der Waals surface area contributed by atoms with Crippen molar-refractivity contribution in [2.75, 3.05) is 7.05 Å². The molecule has 134 valence electrons. The minimum atomic E-state index is -4.58. The summed E-state index contributed by atoms with van der Waals surface area (Å²) in [7, 11) is 1.44. The third kappa shape index (κ3) is 4.71. The van der Waals surface area contributed by atoms with Gasteiger partial charge in [0.05, 0.1) is 12.0 Å². The molecule has 0 heterocycles. The highest BCUT2D eigenvalue weighted by Gasteiger charge is 2.34. The zero-order valence-corrected chi connectivity index (χ0v) is 13.7. The molecule has 0 aliphatic heterocycles. The third-order valence-electron chi connectivity index (χ3n) is 3.66. The Morgan fingerprint density at radius 1 is 1.20 bits per heavy atom. The molecule has 0 spiro atoms. The summed E-state index contributed by atoms with van der Waals surface area (Å²) in [6.45, 7) is 1.13. The molecule has 0 radical (unpaired) electrons. The zero-order valence-electron chi connectivity index (χ0n) is 13.7. The summed E-state index contributed by atoms with van der Waals surface area (Å²) in [5.74, 6) is -1.35. The summed E-state index contributed by atoms with van der Waals surface area (Å²) in [4.78, 5) is 11.5. The largest absolute Gasteiger partial charge is 0.488 e. The van der Waals surface area contributed by atoms with E-state index in [4.69, 9.17) is 4.74 Å². The van der Waals surface area contributed by atoms with Gasteiger partial charge in [-0.1, -0.05) is 23.8 Å². The van der Waals surface area contributed by atoms with Crippen LogP contribution in [0.1, 0.15) is 22.3 Å². The number of nitrogens with one attached hydrogen (secondary N) is 1. The SMILES string of the molecule is CNC(=O)Cc1cccc(F)c1COc1ccc(C)cc1C(F)(F)F. The van der Waals surface area contributed by atoms with Crippen molar-refractivity contribution in [3.8, 4) is 5.75 Å². The van der Waals surface area contributed by atoms with Crippen LogP contribution >= 0.6 is 0 Å². The number of carbonyl (C=O) groups is 1. The average Bonchev–Trinajstić information content (AvgIpc) is 2.54. The molecule has 1 N–H and O–H groups in total. The van der Waals surface area contributed by atoms with E-state index in [0.29, 0.717) is 11.1 Å². The number of aryl methyl sites for hydroxylation is 1. The topological polar surface area (TPSA) is 38.3 Å². The number of hydrogen-bond donors (Lipinski definition) is 1. The lowest BCUT2D eigenvalue weighted by molar-refractivity contribution is -0.139. The lowest BCUT2D eigenvalue weighted by atomic mass is 10.0. The van der Waals surface area contributed by atoms with Gasteiger partial charge in [0.25, 0.3) is 0 Å². The van der Waals surface area contributed by atoms with Crippen molar-refractivity contribution in [3.63, 3.8) is 0 Å². The van der Waals surface area contributed by atoms with Crippen molar-refractivity contribution in [1.82, 2.24) is 5.32 Å². The first-order valence-electron chi connectivity index (χ1n) is 7.50. The molecule has 7 heteroatoms. The third-order valence-corrected chi connectivity index (χ3v) is 3.66. The standard InChI is InChI=1S/C18H17F4NO2/c1-11-6-7-16(14(8-11)18(20,21)22)25-10-13-12(9-17(24)23-2)4-3-5-15(13)19/h3-8H,9-10H2,1-2H3,(H,23,24). The number of alkyl halides is 3. The molecule has 2 aromatic rings. The molecule has 0 aromatic heterocycles. The van der Waals surface area contributed by atoms with Crippen LogP contribution in [0.5, 0.6) is 5.75 Å². The minimum Gasteiger partial charge on any atom is -0.488 e. The van der Waals surface area contributed by atoms with Crippen molar-refractivity contribution >= 4 is 5.91 Å². The summed E-state index contributed by atoms with van der Waals surface area (Å²) >= 11 is 0. The number of halogens is 4. The average molecular weight is 355 g/mol. The molecule has 2 rings (SSSR count). The fraction of sp³-hybridized carbons (Fsp3) is 0.278. The molecule has 0 bridgehead atoms. The number of benzene rings is 2. The molecule has 25 heavy (non-hydrogen) atoms. The van der Waals surface area contributed by atoms with E-state index in [1.807, 2.05) is 0 Å². The van der Waals surface area contributed by atoms with Gasteiger partial charge in [0.2, 0.25) is 5.91 Å². The second-order valence-corrected chi connectivity index (χ2v) is 5.51. The first kappa shape index (κ1) is 18.8. The molecule has 0 fully saturated rings. The predicted molar refractivity (Wildman–Crippen MR) is 84.7 cm³/mol. The van der Waals surface area contributed by atoms with Crippen LogP contribution < -0.4 is 10.1 Å². The van der Waals surface area contributed by atoms with E-state index in [1.54, 1.807) is 0 Å². The van der Waals surface area contributed by atoms with E-state index in [2.05, 4.69) is 5.32 Å². The summed E-state index contributed by atoms with van der Waals surface area (Å²) in [6.07, 6.45) is -4.67. The highest BCUT2D eigenvalue weighted by molar-refractivity contribution is 5.78. The Hall–Kier alpha value is -2.57. The van der Waals surface area contributed by atoms with Crippen LogP contribution in [0, 0.1) is 12.7 Å². The van der Waals surface area contributed by atoms with Gasteiger partial charge in [-0.25, -0.2) is 4.39 Å². The molecule has 1 amide bonds.